The first-order valence-corrected chi connectivity index (χ1v) is 12.5. The zero-order valence-electron chi connectivity index (χ0n) is 21.3. The largest absolute Gasteiger partial charge is 0.497 e. The molecule has 6 aromatic rings. The summed E-state index contributed by atoms with van der Waals surface area (Å²) in [5.41, 5.74) is 11.4. The smallest absolute Gasteiger partial charge is 0.255 e. The van der Waals surface area contributed by atoms with Crippen molar-refractivity contribution in [3.05, 3.63) is 114 Å². The molecule has 4 aromatic carbocycles. The highest BCUT2D eigenvalue weighted by molar-refractivity contribution is 6.04. The Morgan fingerprint density at radius 3 is 2.38 bits per heavy atom. The molecule has 0 radical (unpaired) electrons. The third-order valence-electron chi connectivity index (χ3n) is 6.58. The van der Waals surface area contributed by atoms with Crippen LogP contribution in [0.1, 0.15) is 15.9 Å². The third kappa shape index (κ3) is 5.01. The van der Waals surface area contributed by atoms with Gasteiger partial charge >= 0.3 is 0 Å². The van der Waals surface area contributed by atoms with Crippen LogP contribution in [0, 0.1) is 0 Å². The van der Waals surface area contributed by atoms with Gasteiger partial charge in [-0.1, -0.05) is 30.3 Å². The van der Waals surface area contributed by atoms with E-state index in [-0.39, 0.29) is 5.91 Å². The van der Waals surface area contributed by atoms with E-state index in [9.17, 15) is 4.79 Å². The molecule has 0 fully saturated rings. The Morgan fingerprint density at radius 2 is 1.62 bits per heavy atom. The molecule has 8 heteroatoms. The molecule has 0 bridgehead atoms. The van der Waals surface area contributed by atoms with Gasteiger partial charge in [0.2, 0.25) is 5.95 Å². The van der Waals surface area contributed by atoms with Crippen LogP contribution in [-0.2, 0) is 6.54 Å². The van der Waals surface area contributed by atoms with Crippen molar-refractivity contribution in [2.45, 2.75) is 6.54 Å². The minimum Gasteiger partial charge on any atom is -0.497 e. The molecular weight excluding hydrogens is 488 g/mol. The van der Waals surface area contributed by atoms with E-state index in [1.54, 1.807) is 30.0 Å². The van der Waals surface area contributed by atoms with Crippen LogP contribution in [0.5, 0.6) is 5.75 Å². The first-order valence-electron chi connectivity index (χ1n) is 12.5. The zero-order chi connectivity index (χ0) is 26.8. The average molecular weight is 515 g/mol. The van der Waals surface area contributed by atoms with Crippen LogP contribution in [0.15, 0.2) is 103 Å². The topological polar surface area (TPSA) is 107 Å². The van der Waals surface area contributed by atoms with E-state index in [1.165, 1.54) is 0 Å². The Labute approximate surface area is 225 Å². The summed E-state index contributed by atoms with van der Waals surface area (Å²) in [6.45, 7) is 0.441. The minimum absolute atomic E-state index is 0.180. The van der Waals surface area contributed by atoms with Crippen molar-refractivity contribution < 1.29 is 9.53 Å². The molecule has 0 unspecified atom stereocenters. The number of fused-ring (bicyclic) bond motifs is 2. The molecule has 1 amide bonds. The molecule has 0 aliphatic carbocycles. The molecular formula is C31H26N6O2. The quantitative estimate of drug-likeness (QED) is 0.241. The van der Waals surface area contributed by atoms with Crippen molar-refractivity contribution in [3.63, 3.8) is 0 Å². The fraction of sp³-hybridized carbons (Fsp3) is 0.0645. The maximum atomic E-state index is 12.6. The van der Waals surface area contributed by atoms with Crippen molar-refractivity contribution in [3.8, 4) is 17.0 Å². The normalized spacial score (nSPS) is 11.0. The van der Waals surface area contributed by atoms with Crippen LogP contribution in [0.4, 0.5) is 17.3 Å². The van der Waals surface area contributed by atoms with E-state index < -0.39 is 0 Å². The third-order valence-corrected chi connectivity index (χ3v) is 6.58. The monoisotopic (exact) mass is 514 g/mol. The number of methoxy groups -OCH3 is 1. The SMILES string of the molecule is COc1ccc2cc(-c3cc4ccnn4c(Nc4ccc(NC(=O)c5ccc(CN)cc5)cc4)n3)ccc2c1. The molecule has 0 saturated heterocycles. The molecule has 2 heterocycles. The number of hydrogen-bond acceptors (Lipinski definition) is 6. The minimum atomic E-state index is -0.180. The number of amides is 1. The summed E-state index contributed by atoms with van der Waals surface area (Å²) in [6, 6.07) is 30.9. The molecule has 0 saturated carbocycles. The van der Waals surface area contributed by atoms with Crippen LogP contribution in [0.3, 0.4) is 0 Å². The number of nitrogens with two attached hydrogens (primary N) is 1. The molecule has 8 nitrogen and oxygen atoms in total. The summed E-state index contributed by atoms with van der Waals surface area (Å²) in [7, 11) is 1.67. The van der Waals surface area contributed by atoms with Crippen molar-refractivity contribution in [2.24, 2.45) is 5.73 Å². The van der Waals surface area contributed by atoms with Crippen LogP contribution >= 0.6 is 0 Å². The van der Waals surface area contributed by atoms with Crippen molar-refractivity contribution in [1.82, 2.24) is 14.6 Å². The van der Waals surface area contributed by atoms with Crippen LogP contribution in [0.25, 0.3) is 27.5 Å². The molecule has 4 N–H and O–H groups in total. The number of benzene rings is 4. The second-order valence-electron chi connectivity index (χ2n) is 9.12. The number of aromatic nitrogens is 3. The maximum absolute atomic E-state index is 12.6. The number of nitrogens with zero attached hydrogens (tertiary/aromatic N) is 3. The van der Waals surface area contributed by atoms with Gasteiger partial charge in [0, 0.05) is 29.0 Å². The Bertz CT molecular complexity index is 1790. The van der Waals surface area contributed by atoms with E-state index in [1.807, 2.05) is 66.7 Å². The molecule has 39 heavy (non-hydrogen) atoms. The number of carbonyl (C=O) groups is 1. The van der Waals surface area contributed by atoms with Crippen LogP contribution in [-0.4, -0.2) is 27.6 Å². The lowest BCUT2D eigenvalue weighted by Gasteiger charge is -2.12. The predicted octanol–water partition coefficient (Wildman–Crippen LogP) is 6.01. The van der Waals surface area contributed by atoms with Gasteiger partial charge in [-0.25, -0.2) is 9.50 Å². The van der Waals surface area contributed by atoms with E-state index in [0.717, 1.165) is 44.5 Å². The van der Waals surface area contributed by atoms with Crippen LogP contribution < -0.4 is 21.1 Å². The first-order chi connectivity index (χ1) is 19.1. The molecule has 0 aliphatic rings. The molecule has 6 rings (SSSR count). The Hall–Kier alpha value is -5.21. The summed E-state index contributed by atoms with van der Waals surface area (Å²) in [4.78, 5) is 17.5. The van der Waals surface area contributed by atoms with Gasteiger partial charge in [-0.2, -0.15) is 5.10 Å². The van der Waals surface area contributed by atoms with Gasteiger partial charge in [0.05, 0.1) is 24.5 Å². The Balaban J connectivity index is 1.24. The summed E-state index contributed by atoms with van der Waals surface area (Å²) >= 11 is 0. The van der Waals surface area contributed by atoms with Crippen molar-refractivity contribution in [2.75, 3.05) is 17.7 Å². The van der Waals surface area contributed by atoms with Gasteiger partial charge < -0.3 is 21.1 Å². The second-order valence-corrected chi connectivity index (χ2v) is 9.12. The fourth-order valence-electron chi connectivity index (χ4n) is 4.43. The second kappa shape index (κ2) is 10.3. The van der Waals surface area contributed by atoms with E-state index in [2.05, 4.69) is 33.9 Å². The summed E-state index contributed by atoms with van der Waals surface area (Å²) in [6.07, 6.45) is 1.75. The van der Waals surface area contributed by atoms with Crippen LogP contribution in [0.2, 0.25) is 0 Å². The first kappa shape index (κ1) is 24.1. The number of hydrogen-bond donors (Lipinski definition) is 3. The Morgan fingerprint density at radius 1 is 0.872 bits per heavy atom. The lowest BCUT2D eigenvalue weighted by molar-refractivity contribution is 0.102. The van der Waals surface area contributed by atoms with Gasteiger partial charge in [-0.3, -0.25) is 4.79 Å². The number of ether oxygens (including phenoxy) is 1. The van der Waals surface area contributed by atoms with E-state index in [0.29, 0.717) is 23.7 Å². The number of nitrogens with one attached hydrogen (secondary N) is 2. The van der Waals surface area contributed by atoms with E-state index >= 15 is 0 Å². The molecule has 0 aliphatic heterocycles. The van der Waals surface area contributed by atoms with Gasteiger partial charge in [-0.05, 0) is 83.1 Å². The van der Waals surface area contributed by atoms with Crippen molar-refractivity contribution in [1.29, 1.82) is 0 Å². The number of carbonyl (C=O) groups excluding carboxylic acids is 1. The summed E-state index contributed by atoms with van der Waals surface area (Å²) in [5, 5.41) is 12.9. The highest BCUT2D eigenvalue weighted by Gasteiger charge is 2.11. The zero-order valence-corrected chi connectivity index (χ0v) is 21.3. The standard InChI is InChI=1S/C31H26N6O2/c1-39-28-13-8-22-16-24(7-6-23(22)17-28)29-18-27-14-15-33-37(27)31(36-29)35-26-11-9-25(10-12-26)34-30(38)21-4-2-20(19-32)3-5-21/h2-18H,19,32H2,1H3,(H,34,38)(H,35,36). The summed E-state index contributed by atoms with van der Waals surface area (Å²) in [5.74, 6) is 1.23. The lowest BCUT2D eigenvalue weighted by atomic mass is 10.0. The highest BCUT2D eigenvalue weighted by Crippen LogP contribution is 2.29. The predicted molar refractivity (Wildman–Crippen MR) is 154 cm³/mol. The van der Waals surface area contributed by atoms with Gasteiger partial charge in [0.1, 0.15) is 5.75 Å². The summed E-state index contributed by atoms with van der Waals surface area (Å²) < 4.78 is 7.11. The maximum Gasteiger partial charge on any atom is 0.255 e. The average Bonchev–Trinajstić information content (AvgIpc) is 3.47. The molecule has 2 aromatic heterocycles. The molecule has 0 spiro atoms. The van der Waals surface area contributed by atoms with Crippen molar-refractivity contribution >= 4 is 39.5 Å². The Kier molecular flexibility index (Phi) is 6.36. The molecule has 0 atom stereocenters. The number of rotatable bonds is 7. The fourth-order valence-corrected chi connectivity index (χ4v) is 4.43. The lowest BCUT2D eigenvalue weighted by Crippen LogP contribution is -2.12. The number of anilines is 3. The van der Waals surface area contributed by atoms with Gasteiger partial charge in [-0.15, -0.1) is 0 Å². The molecule has 192 valence electrons. The van der Waals surface area contributed by atoms with E-state index in [4.69, 9.17) is 15.5 Å². The van der Waals surface area contributed by atoms with Gasteiger partial charge in [0.15, 0.2) is 0 Å². The highest BCUT2D eigenvalue weighted by atomic mass is 16.5. The van der Waals surface area contributed by atoms with Gasteiger partial charge in [0.25, 0.3) is 5.91 Å².